The number of carbonyl (C=O) groups is 1. The molecule has 0 radical (unpaired) electrons. The molecule has 4 aromatic rings. The summed E-state index contributed by atoms with van der Waals surface area (Å²) < 4.78 is 1.21. The van der Waals surface area contributed by atoms with Gasteiger partial charge in [0.15, 0.2) is 5.82 Å². The van der Waals surface area contributed by atoms with Crippen LogP contribution in [0.4, 0.5) is 17.3 Å². The van der Waals surface area contributed by atoms with Gasteiger partial charge in [-0.15, -0.1) is 5.10 Å². The molecule has 0 aliphatic heterocycles. The molecule has 0 fully saturated rings. The first-order chi connectivity index (χ1) is 17.3. The zero-order valence-electron chi connectivity index (χ0n) is 20.3. The fourth-order valence-electron chi connectivity index (χ4n) is 3.48. The summed E-state index contributed by atoms with van der Waals surface area (Å²) in [6.45, 7) is 2.44. The first-order valence-electron chi connectivity index (χ1n) is 11.3. The van der Waals surface area contributed by atoms with Crippen molar-refractivity contribution in [3.8, 4) is 11.4 Å². The highest BCUT2D eigenvalue weighted by atomic mass is 16.6. The number of allylic oxidation sites excluding steroid dienone is 1. The van der Waals surface area contributed by atoms with Gasteiger partial charge in [0.2, 0.25) is 5.95 Å². The van der Waals surface area contributed by atoms with E-state index in [0.717, 1.165) is 22.4 Å². The van der Waals surface area contributed by atoms with Gasteiger partial charge in [0, 0.05) is 50.1 Å². The summed E-state index contributed by atoms with van der Waals surface area (Å²) in [5.74, 6) is 0.284. The number of aryl methyl sites for hydroxylation is 1. The van der Waals surface area contributed by atoms with Crippen LogP contribution in [0.3, 0.4) is 0 Å². The van der Waals surface area contributed by atoms with Crippen LogP contribution in [0.1, 0.15) is 21.5 Å². The van der Waals surface area contributed by atoms with Gasteiger partial charge in [0.1, 0.15) is 0 Å². The number of nitro benzene ring substituents is 1. The van der Waals surface area contributed by atoms with Gasteiger partial charge < -0.3 is 10.2 Å². The van der Waals surface area contributed by atoms with Gasteiger partial charge in [-0.3, -0.25) is 14.9 Å². The second-order valence-electron chi connectivity index (χ2n) is 8.47. The first-order valence-corrected chi connectivity index (χ1v) is 11.3. The van der Waals surface area contributed by atoms with Gasteiger partial charge in [-0.05, 0) is 36.3 Å². The normalized spacial score (nSPS) is 11.0. The highest BCUT2D eigenvalue weighted by Gasteiger charge is 2.16. The van der Waals surface area contributed by atoms with Crippen molar-refractivity contribution >= 4 is 29.3 Å². The lowest BCUT2D eigenvalue weighted by Crippen LogP contribution is -2.14. The van der Waals surface area contributed by atoms with Gasteiger partial charge in [-0.1, -0.05) is 54.1 Å². The van der Waals surface area contributed by atoms with Crippen LogP contribution in [0, 0.1) is 17.0 Å². The standard InChI is InChI=1S/C27H26N6O3/c1-19-7-12-22(13-8-19)26-29-27(28-18-21-9-14-23(15-10-21)31(2)3)32(30-26)25(34)16-11-20-5-4-6-24(17-20)33(35)36/h4-17H,18H2,1-3H3,(H,28,29,30). The van der Waals surface area contributed by atoms with Crippen LogP contribution in [0.2, 0.25) is 0 Å². The molecule has 1 N–H and O–H groups in total. The lowest BCUT2D eigenvalue weighted by molar-refractivity contribution is -0.384. The van der Waals surface area contributed by atoms with E-state index in [4.69, 9.17) is 0 Å². The second kappa shape index (κ2) is 10.6. The Kier molecular flexibility index (Phi) is 7.20. The Bertz CT molecular complexity index is 1410. The van der Waals surface area contributed by atoms with E-state index in [0.29, 0.717) is 23.9 Å². The van der Waals surface area contributed by atoms with Gasteiger partial charge in [-0.25, -0.2) is 0 Å². The number of nitrogens with zero attached hydrogens (tertiary/aromatic N) is 5. The van der Waals surface area contributed by atoms with E-state index in [-0.39, 0.29) is 5.69 Å². The Morgan fingerprint density at radius 1 is 1.08 bits per heavy atom. The average molecular weight is 483 g/mol. The largest absolute Gasteiger partial charge is 0.378 e. The number of nitro groups is 1. The maximum Gasteiger partial charge on any atom is 0.274 e. The number of non-ortho nitro benzene ring substituents is 1. The van der Waals surface area contributed by atoms with Gasteiger partial charge in [0.25, 0.3) is 11.6 Å². The number of hydrogen-bond acceptors (Lipinski definition) is 7. The quantitative estimate of drug-likeness (QED) is 0.209. The van der Waals surface area contributed by atoms with Gasteiger partial charge in [0.05, 0.1) is 4.92 Å². The van der Waals surface area contributed by atoms with E-state index in [2.05, 4.69) is 15.4 Å². The summed E-state index contributed by atoms with van der Waals surface area (Å²) in [4.78, 5) is 30.2. The molecule has 0 saturated heterocycles. The smallest absolute Gasteiger partial charge is 0.274 e. The minimum atomic E-state index is -0.475. The third-order valence-electron chi connectivity index (χ3n) is 5.53. The third-order valence-corrected chi connectivity index (χ3v) is 5.53. The van der Waals surface area contributed by atoms with Crippen molar-refractivity contribution in [3.63, 3.8) is 0 Å². The summed E-state index contributed by atoms with van der Waals surface area (Å²) >= 11 is 0. The van der Waals surface area contributed by atoms with Crippen LogP contribution >= 0.6 is 0 Å². The SMILES string of the molecule is Cc1ccc(-c2nc(NCc3ccc(N(C)C)cc3)n(C(=O)C=Cc3cccc([N+](=O)[O-])c3)n2)cc1. The van der Waals surface area contributed by atoms with E-state index >= 15 is 0 Å². The molecule has 36 heavy (non-hydrogen) atoms. The van der Waals surface area contributed by atoms with Gasteiger partial charge in [-0.2, -0.15) is 9.67 Å². The maximum absolute atomic E-state index is 13.1. The average Bonchev–Trinajstić information content (AvgIpc) is 3.31. The van der Waals surface area contributed by atoms with E-state index in [1.54, 1.807) is 12.1 Å². The van der Waals surface area contributed by atoms with Crippen LogP contribution in [0.5, 0.6) is 0 Å². The Morgan fingerprint density at radius 2 is 1.81 bits per heavy atom. The predicted octanol–water partition coefficient (Wildman–Crippen LogP) is 5.19. The zero-order valence-corrected chi connectivity index (χ0v) is 20.3. The molecule has 0 aliphatic carbocycles. The molecule has 0 atom stereocenters. The minimum absolute atomic E-state index is 0.0466. The second-order valence-corrected chi connectivity index (χ2v) is 8.47. The first kappa shape index (κ1) is 24.3. The number of anilines is 2. The fraction of sp³-hybridized carbons (Fsp3) is 0.148. The van der Waals surface area contributed by atoms with Crippen LogP contribution < -0.4 is 10.2 Å². The molecule has 1 aromatic heterocycles. The Labute approximate surface area is 208 Å². The number of aromatic nitrogens is 3. The molecule has 9 heteroatoms. The highest BCUT2D eigenvalue weighted by molar-refractivity contribution is 5.95. The Balaban J connectivity index is 1.60. The minimum Gasteiger partial charge on any atom is -0.378 e. The molecule has 0 spiro atoms. The number of rotatable bonds is 8. The van der Waals surface area contributed by atoms with E-state index in [1.807, 2.05) is 74.4 Å². The fourth-order valence-corrected chi connectivity index (χ4v) is 3.48. The zero-order chi connectivity index (χ0) is 25.7. The van der Waals surface area contributed by atoms with Gasteiger partial charge >= 0.3 is 0 Å². The van der Waals surface area contributed by atoms with Crippen molar-refractivity contribution in [3.05, 3.63) is 106 Å². The van der Waals surface area contributed by atoms with E-state index in [9.17, 15) is 14.9 Å². The summed E-state index contributed by atoms with van der Waals surface area (Å²) in [6, 6.07) is 21.8. The number of carbonyl (C=O) groups excluding carboxylic acids is 1. The Hall–Kier alpha value is -4.79. The predicted molar refractivity (Wildman–Crippen MR) is 141 cm³/mol. The molecular formula is C27H26N6O3. The number of hydrogen-bond donors (Lipinski definition) is 1. The van der Waals surface area contributed by atoms with Crippen LogP contribution in [-0.4, -0.2) is 39.7 Å². The number of benzene rings is 3. The van der Waals surface area contributed by atoms with E-state index < -0.39 is 10.8 Å². The summed E-state index contributed by atoms with van der Waals surface area (Å²) in [7, 11) is 3.96. The summed E-state index contributed by atoms with van der Waals surface area (Å²) in [5.41, 5.74) is 4.49. The van der Waals surface area contributed by atoms with Crippen LogP contribution in [-0.2, 0) is 6.54 Å². The molecule has 0 aliphatic rings. The molecule has 0 amide bonds. The molecular weight excluding hydrogens is 456 g/mol. The monoisotopic (exact) mass is 482 g/mol. The molecule has 1 heterocycles. The van der Waals surface area contributed by atoms with Crippen LogP contribution in [0.25, 0.3) is 17.5 Å². The van der Waals surface area contributed by atoms with Crippen molar-refractivity contribution < 1.29 is 9.72 Å². The lowest BCUT2D eigenvalue weighted by atomic mass is 10.1. The summed E-state index contributed by atoms with van der Waals surface area (Å²) in [6.07, 6.45) is 2.84. The maximum atomic E-state index is 13.1. The highest BCUT2D eigenvalue weighted by Crippen LogP contribution is 2.20. The molecule has 3 aromatic carbocycles. The third kappa shape index (κ3) is 5.82. The molecule has 9 nitrogen and oxygen atoms in total. The molecule has 4 rings (SSSR count). The van der Waals surface area contributed by atoms with Crippen molar-refractivity contribution in [1.29, 1.82) is 0 Å². The number of nitrogens with one attached hydrogen (secondary N) is 1. The van der Waals surface area contributed by atoms with Crippen molar-refractivity contribution in [2.24, 2.45) is 0 Å². The van der Waals surface area contributed by atoms with Crippen molar-refractivity contribution in [2.75, 3.05) is 24.3 Å². The molecule has 0 bridgehead atoms. The molecule has 0 saturated carbocycles. The summed E-state index contributed by atoms with van der Waals surface area (Å²) in [5, 5.41) is 18.7. The molecule has 182 valence electrons. The van der Waals surface area contributed by atoms with Crippen molar-refractivity contribution in [1.82, 2.24) is 14.8 Å². The lowest BCUT2D eigenvalue weighted by Gasteiger charge is -2.13. The van der Waals surface area contributed by atoms with Crippen LogP contribution in [0.15, 0.2) is 78.9 Å². The van der Waals surface area contributed by atoms with E-state index in [1.165, 1.54) is 29.0 Å². The molecule has 0 unspecified atom stereocenters. The van der Waals surface area contributed by atoms with Crippen molar-refractivity contribution in [2.45, 2.75) is 13.5 Å². The topological polar surface area (TPSA) is 106 Å². The Morgan fingerprint density at radius 3 is 2.47 bits per heavy atom.